The number of hydrogen-bond acceptors (Lipinski definition) is 2. The lowest BCUT2D eigenvalue weighted by molar-refractivity contribution is -0.122. The molecule has 130 valence electrons. The van der Waals surface area contributed by atoms with Gasteiger partial charge in [-0.1, -0.05) is 23.2 Å². The summed E-state index contributed by atoms with van der Waals surface area (Å²) in [5, 5.41) is 3.11. The smallest absolute Gasteiger partial charge is 0.229 e. The fourth-order valence-corrected chi connectivity index (χ4v) is 3.15. The first-order chi connectivity index (χ1) is 11.8. The van der Waals surface area contributed by atoms with Crippen molar-refractivity contribution in [2.75, 3.05) is 16.8 Å². The van der Waals surface area contributed by atoms with E-state index in [1.165, 1.54) is 11.0 Å². The number of hydrogen-bond donors (Lipinski definition) is 1. The number of nitrogens with one attached hydrogen (secondary N) is 1. The van der Waals surface area contributed by atoms with Crippen LogP contribution in [0.1, 0.15) is 6.42 Å². The van der Waals surface area contributed by atoms with Crippen LogP contribution in [0, 0.1) is 17.6 Å². The van der Waals surface area contributed by atoms with Crippen LogP contribution in [0.3, 0.4) is 0 Å². The molecule has 0 bridgehead atoms. The lowest BCUT2D eigenvalue weighted by Gasteiger charge is -2.18. The van der Waals surface area contributed by atoms with Crippen LogP contribution in [0.15, 0.2) is 36.4 Å². The summed E-state index contributed by atoms with van der Waals surface area (Å²) in [7, 11) is 0. The van der Waals surface area contributed by atoms with Crippen LogP contribution in [0.2, 0.25) is 10.0 Å². The molecule has 1 atom stereocenters. The van der Waals surface area contributed by atoms with Crippen LogP contribution in [0.25, 0.3) is 0 Å². The Balaban J connectivity index is 1.74. The van der Waals surface area contributed by atoms with Crippen LogP contribution in [-0.2, 0) is 9.59 Å². The minimum Gasteiger partial charge on any atom is -0.323 e. The molecule has 0 spiro atoms. The van der Waals surface area contributed by atoms with Gasteiger partial charge < -0.3 is 10.2 Å². The second-order valence-corrected chi connectivity index (χ2v) is 6.46. The predicted molar refractivity (Wildman–Crippen MR) is 91.9 cm³/mol. The molecule has 0 aromatic heterocycles. The van der Waals surface area contributed by atoms with Crippen molar-refractivity contribution < 1.29 is 18.4 Å². The Bertz CT molecular complexity index is 861. The summed E-state index contributed by atoms with van der Waals surface area (Å²) in [6.07, 6.45) is -0.0341. The normalized spacial score (nSPS) is 17.0. The third-order valence-electron chi connectivity index (χ3n) is 3.89. The zero-order valence-corrected chi connectivity index (χ0v) is 14.2. The second kappa shape index (κ2) is 6.98. The van der Waals surface area contributed by atoms with Gasteiger partial charge in [0.2, 0.25) is 11.8 Å². The molecule has 1 aliphatic rings. The Morgan fingerprint density at radius 2 is 1.92 bits per heavy atom. The van der Waals surface area contributed by atoms with Crippen molar-refractivity contribution in [3.63, 3.8) is 0 Å². The van der Waals surface area contributed by atoms with Crippen LogP contribution in [0.5, 0.6) is 0 Å². The molecule has 0 aliphatic carbocycles. The number of halogens is 4. The molecular formula is C17H12Cl2F2N2O2. The van der Waals surface area contributed by atoms with Crippen molar-refractivity contribution in [1.29, 1.82) is 0 Å². The molecule has 2 aromatic rings. The topological polar surface area (TPSA) is 49.4 Å². The largest absolute Gasteiger partial charge is 0.323 e. The van der Waals surface area contributed by atoms with Crippen LogP contribution in [0.4, 0.5) is 20.2 Å². The van der Waals surface area contributed by atoms with E-state index in [2.05, 4.69) is 5.32 Å². The Labute approximate surface area is 152 Å². The van der Waals surface area contributed by atoms with E-state index in [0.29, 0.717) is 21.8 Å². The molecule has 25 heavy (non-hydrogen) atoms. The van der Waals surface area contributed by atoms with Gasteiger partial charge in [-0.3, -0.25) is 9.59 Å². The van der Waals surface area contributed by atoms with Gasteiger partial charge in [0.25, 0.3) is 0 Å². The van der Waals surface area contributed by atoms with E-state index in [4.69, 9.17) is 23.2 Å². The van der Waals surface area contributed by atoms with E-state index in [1.54, 1.807) is 12.1 Å². The Hall–Kier alpha value is -2.18. The highest BCUT2D eigenvalue weighted by molar-refractivity contribution is 6.36. The molecule has 2 aromatic carbocycles. The monoisotopic (exact) mass is 384 g/mol. The summed E-state index contributed by atoms with van der Waals surface area (Å²) in [5.41, 5.74) is 0.321. The maximum absolute atomic E-state index is 13.6. The van der Waals surface area contributed by atoms with E-state index in [0.717, 1.165) is 12.1 Å². The minimum absolute atomic E-state index is 0.0341. The number of carbonyl (C=O) groups excluding carboxylic acids is 2. The Kier molecular flexibility index (Phi) is 4.92. The molecule has 8 heteroatoms. The maximum atomic E-state index is 13.6. The van der Waals surface area contributed by atoms with Crippen molar-refractivity contribution in [2.24, 2.45) is 5.92 Å². The first kappa shape index (κ1) is 17.6. The average Bonchev–Trinajstić information content (AvgIpc) is 2.92. The van der Waals surface area contributed by atoms with Crippen LogP contribution < -0.4 is 10.2 Å². The van der Waals surface area contributed by atoms with Gasteiger partial charge in [-0.15, -0.1) is 0 Å². The molecule has 1 heterocycles. The van der Waals surface area contributed by atoms with Gasteiger partial charge >= 0.3 is 0 Å². The van der Waals surface area contributed by atoms with Gasteiger partial charge in [-0.05, 0) is 30.3 Å². The first-order valence-electron chi connectivity index (χ1n) is 7.36. The fourth-order valence-electron chi connectivity index (χ4n) is 2.64. The fraction of sp³-hybridized carbons (Fsp3) is 0.176. The summed E-state index contributed by atoms with van der Waals surface area (Å²) >= 11 is 11.9. The zero-order valence-electron chi connectivity index (χ0n) is 12.7. The molecule has 4 nitrogen and oxygen atoms in total. The van der Waals surface area contributed by atoms with Crippen molar-refractivity contribution >= 4 is 46.4 Å². The first-order valence-corrected chi connectivity index (χ1v) is 8.12. The number of carbonyl (C=O) groups is 2. The highest BCUT2D eigenvalue weighted by atomic mass is 35.5. The molecule has 1 N–H and O–H groups in total. The second-order valence-electron chi connectivity index (χ2n) is 5.61. The number of amides is 2. The van der Waals surface area contributed by atoms with Gasteiger partial charge in [-0.2, -0.15) is 0 Å². The third kappa shape index (κ3) is 3.75. The zero-order chi connectivity index (χ0) is 18.1. The molecule has 1 aliphatic heterocycles. The van der Waals surface area contributed by atoms with Crippen molar-refractivity contribution in [3.8, 4) is 0 Å². The molecule has 3 rings (SSSR count). The number of nitrogens with zero attached hydrogens (tertiary/aromatic N) is 1. The average molecular weight is 385 g/mol. The molecular weight excluding hydrogens is 373 g/mol. The molecule has 0 radical (unpaired) electrons. The maximum Gasteiger partial charge on any atom is 0.229 e. The Morgan fingerprint density at radius 3 is 2.60 bits per heavy atom. The molecule has 1 unspecified atom stereocenters. The minimum atomic E-state index is -0.879. The van der Waals surface area contributed by atoms with Gasteiger partial charge in [0, 0.05) is 24.1 Å². The summed E-state index contributed by atoms with van der Waals surface area (Å²) < 4.78 is 26.6. The van der Waals surface area contributed by atoms with Gasteiger partial charge in [0.15, 0.2) is 0 Å². The highest BCUT2D eigenvalue weighted by Crippen LogP contribution is 2.33. The summed E-state index contributed by atoms with van der Waals surface area (Å²) in [4.78, 5) is 25.9. The van der Waals surface area contributed by atoms with E-state index < -0.39 is 23.5 Å². The van der Waals surface area contributed by atoms with E-state index in [1.807, 2.05) is 0 Å². The lowest BCUT2D eigenvalue weighted by atomic mass is 10.1. The molecule has 2 amide bonds. The van der Waals surface area contributed by atoms with Gasteiger partial charge in [0.1, 0.15) is 11.6 Å². The quantitative estimate of drug-likeness (QED) is 0.858. The summed E-state index contributed by atoms with van der Waals surface area (Å²) in [5.74, 6) is -3.09. The van der Waals surface area contributed by atoms with Crippen molar-refractivity contribution in [3.05, 3.63) is 58.1 Å². The summed E-state index contributed by atoms with van der Waals surface area (Å²) in [6.45, 7) is 0.106. The lowest BCUT2D eigenvalue weighted by Crippen LogP contribution is -2.28. The standard InChI is InChI=1S/C17H12Cl2F2N2O2/c18-10-1-4-15(12(19)6-10)23-8-9(5-16(23)24)17(25)22-14-3-2-11(20)7-13(14)21/h1-4,6-7,9H,5,8H2,(H,22,25). The SMILES string of the molecule is O=C(Nc1ccc(F)cc1F)C1CC(=O)N(c2ccc(Cl)cc2Cl)C1. The van der Waals surface area contributed by atoms with Crippen molar-refractivity contribution in [1.82, 2.24) is 0 Å². The highest BCUT2D eigenvalue weighted by Gasteiger charge is 2.36. The van der Waals surface area contributed by atoms with Crippen LogP contribution in [-0.4, -0.2) is 18.4 Å². The number of anilines is 2. The van der Waals surface area contributed by atoms with E-state index in [-0.39, 0.29) is 24.6 Å². The third-order valence-corrected chi connectivity index (χ3v) is 4.42. The van der Waals surface area contributed by atoms with Gasteiger partial charge in [0.05, 0.1) is 22.3 Å². The molecule has 1 fully saturated rings. The van der Waals surface area contributed by atoms with E-state index in [9.17, 15) is 18.4 Å². The van der Waals surface area contributed by atoms with Crippen LogP contribution >= 0.6 is 23.2 Å². The Morgan fingerprint density at radius 1 is 1.16 bits per heavy atom. The summed E-state index contributed by atoms with van der Waals surface area (Å²) in [6, 6.07) is 7.55. The van der Waals surface area contributed by atoms with Gasteiger partial charge in [-0.25, -0.2) is 8.78 Å². The predicted octanol–water partition coefficient (Wildman–Crippen LogP) is 4.26. The van der Waals surface area contributed by atoms with E-state index >= 15 is 0 Å². The van der Waals surface area contributed by atoms with Crippen molar-refractivity contribution in [2.45, 2.75) is 6.42 Å². The molecule has 0 saturated carbocycles. The number of rotatable bonds is 3. The number of benzene rings is 2. The molecule has 1 saturated heterocycles.